The minimum Gasteiger partial charge on any atom is -0.372 e. The highest BCUT2D eigenvalue weighted by Crippen LogP contribution is 2.25. The highest BCUT2D eigenvalue weighted by Gasteiger charge is 2.12. The van der Waals surface area contributed by atoms with E-state index in [2.05, 4.69) is 31.9 Å². The van der Waals surface area contributed by atoms with Crippen molar-refractivity contribution in [3.8, 4) is 6.07 Å². The van der Waals surface area contributed by atoms with E-state index in [1.807, 2.05) is 12.1 Å². The standard InChI is InChI=1S/C13H17ClN2/c1-4-11(5-2)16(3)12-7-6-10(9-15)13(14)8-12/h6-8,11H,4-5H2,1-3H3. The van der Waals surface area contributed by atoms with Gasteiger partial charge in [0.15, 0.2) is 0 Å². The van der Waals surface area contributed by atoms with Crippen molar-refractivity contribution in [3.63, 3.8) is 0 Å². The van der Waals surface area contributed by atoms with Crippen LogP contribution in [0, 0.1) is 11.3 Å². The highest BCUT2D eigenvalue weighted by atomic mass is 35.5. The van der Waals surface area contributed by atoms with Crippen LogP contribution in [-0.4, -0.2) is 13.1 Å². The van der Waals surface area contributed by atoms with Gasteiger partial charge in [-0.15, -0.1) is 0 Å². The van der Waals surface area contributed by atoms with Gasteiger partial charge in [-0.2, -0.15) is 5.26 Å². The number of hydrogen-bond acceptors (Lipinski definition) is 2. The van der Waals surface area contributed by atoms with E-state index in [1.54, 1.807) is 6.07 Å². The number of rotatable bonds is 4. The maximum atomic E-state index is 8.80. The molecule has 0 aromatic heterocycles. The Kier molecular flexibility index (Phi) is 4.64. The van der Waals surface area contributed by atoms with Crippen molar-refractivity contribution in [2.45, 2.75) is 32.7 Å². The normalized spacial score (nSPS) is 10.2. The molecule has 0 unspecified atom stereocenters. The van der Waals surface area contributed by atoms with Crippen molar-refractivity contribution >= 4 is 17.3 Å². The first-order valence-corrected chi connectivity index (χ1v) is 5.94. The minimum atomic E-state index is 0.518. The van der Waals surface area contributed by atoms with Crippen LogP contribution in [0.25, 0.3) is 0 Å². The summed E-state index contributed by atoms with van der Waals surface area (Å²) in [6.07, 6.45) is 2.20. The molecule has 2 nitrogen and oxygen atoms in total. The minimum absolute atomic E-state index is 0.518. The maximum absolute atomic E-state index is 8.80. The van der Waals surface area contributed by atoms with E-state index in [0.717, 1.165) is 18.5 Å². The van der Waals surface area contributed by atoms with Crippen LogP contribution in [0.15, 0.2) is 18.2 Å². The molecule has 0 heterocycles. The van der Waals surface area contributed by atoms with Gasteiger partial charge in [0.25, 0.3) is 0 Å². The van der Waals surface area contributed by atoms with Crippen molar-refractivity contribution < 1.29 is 0 Å². The second kappa shape index (κ2) is 5.77. The first-order chi connectivity index (χ1) is 7.63. The van der Waals surface area contributed by atoms with E-state index >= 15 is 0 Å². The predicted molar refractivity (Wildman–Crippen MR) is 68.9 cm³/mol. The maximum Gasteiger partial charge on any atom is 0.101 e. The molecular weight excluding hydrogens is 220 g/mol. The largest absolute Gasteiger partial charge is 0.372 e. The SMILES string of the molecule is CCC(CC)N(C)c1ccc(C#N)c(Cl)c1. The van der Waals surface area contributed by atoms with Gasteiger partial charge in [-0.25, -0.2) is 0 Å². The van der Waals surface area contributed by atoms with E-state index in [1.165, 1.54) is 0 Å². The Morgan fingerprint density at radius 1 is 1.38 bits per heavy atom. The number of benzene rings is 1. The van der Waals surface area contributed by atoms with Crippen molar-refractivity contribution in [1.82, 2.24) is 0 Å². The van der Waals surface area contributed by atoms with Gasteiger partial charge in [-0.05, 0) is 31.0 Å². The fourth-order valence-corrected chi connectivity index (χ4v) is 2.08. The molecule has 0 radical (unpaired) electrons. The molecule has 0 fully saturated rings. The summed E-state index contributed by atoms with van der Waals surface area (Å²) in [7, 11) is 2.06. The molecule has 0 saturated heterocycles. The number of nitriles is 1. The van der Waals surface area contributed by atoms with Crippen LogP contribution in [0.3, 0.4) is 0 Å². The lowest BCUT2D eigenvalue weighted by Gasteiger charge is -2.28. The Morgan fingerprint density at radius 3 is 2.44 bits per heavy atom. The fourth-order valence-electron chi connectivity index (χ4n) is 1.86. The van der Waals surface area contributed by atoms with Gasteiger partial charge in [-0.3, -0.25) is 0 Å². The summed E-state index contributed by atoms with van der Waals surface area (Å²) in [6.45, 7) is 4.35. The summed E-state index contributed by atoms with van der Waals surface area (Å²) in [5, 5.41) is 9.33. The highest BCUT2D eigenvalue weighted by molar-refractivity contribution is 6.32. The van der Waals surface area contributed by atoms with Crippen LogP contribution < -0.4 is 4.90 Å². The van der Waals surface area contributed by atoms with Crippen LogP contribution in [0.5, 0.6) is 0 Å². The van der Waals surface area contributed by atoms with Crippen molar-refractivity contribution in [3.05, 3.63) is 28.8 Å². The topological polar surface area (TPSA) is 27.0 Å². The summed E-state index contributed by atoms with van der Waals surface area (Å²) >= 11 is 6.02. The Morgan fingerprint density at radius 2 is 2.00 bits per heavy atom. The summed E-state index contributed by atoms with van der Waals surface area (Å²) in [4.78, 5) is 2.22. The summed E-state index contributed by atoms with van der Waals surface area (Å²) in [5.41, 5.74) is 1.60. The van der Waals surface area contributed by atoms with Gasteiger partial charge in [0.05, 0.1) is 10.6 Å². The molecule has 1 aromatic carbocycles. The molecule has 0 atom stereocenters. The van der Waals surface area contributed by atoms with E-state index in [0.29, 0.717) is 16.6 Å². The van der Waals surface area contributed by atoms with Gasteiger partial charge in [0, 0.05) is 18.8 Å². The number of hydrogen-bond donors (Lipinski definition) is 0. The van der Waals surface area contributed by atoms with Gasteiger partial charge >= 0.3 is 0 Å². The van der Waals surface area contributed by atoms with Crippen LogP contribution in [-0.2, 0) is 0 Å². The van der Waals surface area contributed by atoms with E-state index in [4.69, 9.17) is 16.9 Å². The molecule has 1 aromatic rings. The Balaban J connectivity index is 2.97. The number of halogens is 1. The zero-order valence-electron chi connectivity index (χ0n) is 10.00. The van der Waals surface area contributed by atoms with Crippen molar-refractivity contribution in [2.75, 3.05) is 11.9 Å². The van der Waals surface area contributed by atoms with E-state index < -0.39 is 0 Å². The molecule has 0 bridgehead atoms. The quantitative estimate of drug-likeness (QED) is 0.794. The Bertz CT molecular complexity index is 391. The Labute approximate surface area is 102 Å². The first kappa shape index (κ1) is 12.9. The first-order valence-electron chi connectivity index (χ1n) is 5.56. The smallest absolute Gasteiger partial charge is 0.101 e. The van der Waals surface area contributed by atoms with Gasteiger partial charge < -0.3 is 4.90 Å². The molecule has 0 aliphatic heterocycles. The Hall–Kier alpha value is -1.20. The summed E-state index contributed by atoms with van der Waals surface area (Å²) in [6, 6.07) is 8.17. The van der Waals surface area contributed by atoms with Gasteiger partial charge in [-0.1, -0.05) is 25.4 Å². The van der Waals surface area contributed by atoms with Gasteiger partial charge in [0.2, 0.25) is 0 Å². The molecule has 0 aliphatic rings. The zero-order chi connectivity index (χ0) is 12.1. The lowest BCUT2D eigenvalue weighted by molar-refractivity contribution is 0.591. The van der Waals surface area contributed by atoms with Crippen molar-refractivity contribution in [2.24, 2.45) is 0 Å². The number of nitrogens with zero attached hydrogens (tertiary/aromatic N) is 2. The molecule has 0 aliphatic carbocycles. The number of anilines is 1. The average Bonchev–Trinajstić information content (AvgIpc) is 2.30. The lowest BCUT2D eigenvalue weighted by atomic mass is 10.1. The summed E-state index contributed by atoms with van der Waals surface area (Å²) in [5.74, 6) is 0. The second-order valence-electron chi connectivity index (χ2n) is 3.86. The second-order valence-corrected chi connectivity index (χ2v) is 4.26. The third kappa shape index (κ3) is 2.68. The molecule has 16 heavy (non-hydrogen) atoms. The predicted octanol–water partition coefficient (Wildman–Crippen LogP) is 3.84. The average molecular weight is 237 g/mol. The van der Waals surface area contributed by atoms with Crippen LogP contribution in [0.4, 0.5) is 5.69 Å². The monoisotopic (exact) mass is 236 g/mol. The van der Waals surface area contributed by atoms with Crippen LogP contribution in [0.2, 0.25) is 5.02 Å². The molecule has 86 valence electrons. The van der Waals surface area contributed by atoms with Crippen LogP contribution >= 0.6 is 11.6 Å². The molecule has 0 saturated carbocycles. The van der Waals surface area contributed by atoms with Crippen LogP contribution in [0.1, 0.15) is 32.3 Å². The molecule has 0 spiro atoms. The zero-order valence-corrected chi connectivity index (χ0v) is 10.8. The van der Waals surface area contributed by atoms with Gasteiger partial charge in [0.1, 0.15) is 6.07 Å². The third-order valence-corrected chi connectivity index (χ3v) is 3.28. The molecular formula is C13H17ClN2. The fraction of sp³-hybridized carbons (Fsp3) is 0.462. The van der Waals surface area contributed by atoms with E-state index in [9.17, 15) is 0 Å². The third-order valence-electron chi connectivity index (χ3n) is 2.97. The van der Waals surface area contributed by atoms with E-state index in [-0.39, 0.29) is 0 Å². The molecule has 1 rings (SSSR count). The molecule has 0 N–H and O–H groups in total. The molecule has 3 heteroatoms. The molecule has 0 amide bonds. The van der Waals surface area contributed by atoms with Crippen molar-refractivity contribution in [1.29, 1.82) is 5.26 Å². The summed E-state index contributed by atoms with van der Waals surface area (Å²) < 4.78 is 0. The lowest BCUT2D eigenvalue weighted by Crippen LogP contribution is -2.30.